The van der Waals surface area contributed by atoms with Crippen LogP contribution in [0.25, 0.3) is 0 Å². The Bertz CT molecular complexity index is 537. The Labute approximate surface area is 132 Å². The molecular formula is C16H18F3NO3. The summed E-state index contributed by atoms with van der Waals surface area (Å²) < 4.78 is 36.3. The largest absolute Gasteiger partial charge is 0.492 e. The second-order valence-corrected chi connectivity index (χ2v) is 5.58. The fourth-order valence-electron chi connectivity index (χ4n) is 2.56. The maximum Gasteiger partial charge on any atom is 0.492 e. The lowest BCUT2D eigenvalue weighted by molar-refractivity contribution is -0.242. The van der Waals surface area contributed by atoms with Gasteiger partial charge < -0.3 is 4.84 Å². The number of rotatable bonds is 5. The van der Waals surface area contributed by atoms with Crippen LogP contribution in [0.15, 0.2) is 30.3 Å². The molecule has 1 aliphatic heterocycles. The highest BCUT2D eigenvalue weighted by molar-refractivity contribution is 5.95. The van der Waals surface area contributed by atoms with Gasteiger partial charge >= 0.3 is 12.1 Å². The molecule has 2 rings (SSSR count). The molecule has 0 atom stereocenters. The number of alkyl halides is 3. The SMILES string of the molecule is O=C(CCC1CCN(OC(=O)C(F)(F)F)CC1)c1ccccc1. The first kappa shape index (κ1) is 17.5. The van der Waals surface area contributed by atoms with E-state index in [0.29, 0.717) is 31.2 Å². The van der Waals surface area contributed by atoms with Crippen molar-refractivity contribution in [2.45, 2.75) is 31.9 Å². The number of hydrogen-bond acceptors (Lipinski definition) is 4. The molecule has 0 saturated carbocycles. The minimum atomic E-state index is -4.97. The van der Waals surface area contributed by atoms with Crippen LogP contribution in [0.3, 0.4) is 0 Å². The topological polar surface area (TPSA) is 46.6 Å². The number of Topliss-reactive ketones (excluding diaryl/α,β-unsaturated/α-hetero) is 1. The average molecular weight is 329 g/mol. The zero-order valence-electron chi connectivity index (χ0n) is 12.5. The Hall–Kier alpha value is -1.89. The zero-order valence-corrected chi connectivity index (χ0v) is 12.5. The summed E-state index contributed by atoms with van der Waals surface area (Å²) in [5, 5.41) is 1.05. The van der Waals surface area contributed by atoms with Gasteiger partial charge in [0.05, 0.1) is 0 Å². The van der Waals surface area contributed by atoms with Crippen LogP contribution in [0.4, 0.5) is 13.2 Å². The molecule has 1 fully saturated rings. The molecule has 1 aromatic carbocycles. The maximum absolute atomic E-state index is 12.1. The molecule has 1 aliphatic rings. The molecule has 0 spiro atoms. The number of halogens is 3. The number of ketones is 1. The van der Waals surface area contributed by atoms with Gasteiger partial charge in [0.25, 0.3) is 0 Å². The molecule has 0 bridgehead atoms. The monoisotopic (exact) mass is 329 g/mol. The number of hydrogen-bond donors (Lipinski definition) is 0. The molecule has 126 valence electrons. The fraction of sp³-hybridized carbons (Fsp3) is 0.500. The molecule has 0 aliphatic carbocycles. The molecule has 1 saturated heterocycles. The van der Waals surface area contributed by atoms with Gasteiger partial charge in [-0.05, 0) is 25.2 Å². The molecule has 0 aromatic heterocycles. The van der Waals surface area contributed by atoms with Crippen molar-refractivity contribution in [1.82, 2.24) is 5.06 Å². The third-order valence-corrected chi connectivity index (χ3v) is 3.89. The van der Waals surface area contributed by atoms with E-state index >= 15 is 0 Å². The maximum atomic E-state index is 12.1. The second kappa shape index (κ2) is 7.59. The van der Waals surface area contributed by atoms with Crippen molar-refractivity contribution in [2.75, 3.05) is 13.1 Å². The van der Waals surface area contributed by atoms with Gasteiger partial charge in [-0.15, -0.1) is 5.06 Å². The second-order valence-electron chi connectivity index (χ2n) is 5.58. The standard InChI is InChI=1S/C16H18F3NO3/c17-16(18,19)15(22)23-20-10-8-12(9-11-20)6-7-14(21)13-4-2-1-3-5-13/h1-5,12H,6-11H2. The predicted molar refractivity (Wildman–Crippen MR) is 76.5 cm³/mol. The van der Waals surface area contributed by atoms with Gasteiger partial charge in [0.15, 0.2) is 5.78 Å². The number of hydroxylamine groups is 2. The van der Waals surface area contributed by atoms with Crippen molar-refractivity contribution in [1.29, 1.82) is 0 Å². The smallest absolute Gasteiger partial charge is 0.361 e. The minimum Gasteiger partial charge on any atom is -0.361 e. The third-order valence-electron chi connectivity index (χ3n) is 3.89. The van der Waals surface area contributed by atoms with Crippen LogP contribution >= 0.6 is 0 Å². The van der Waals surface area contributed by atoms with Gasteiger partial charge in [-0.2, -0.15) is 13.2 Å². The van der Waals surface area contributed by atoms with Crippen LogP contribution in [0.1, 0.15) is 36.0 Å². The highest BCUT2D eigenvalue weighted by atomic mass is 19.4. The Morgan fingerprint density at radius 2 is 1.74 bits per heavy atom. The molecular weight excluding hydrogens is 311 g/mol. The van der Waals surface area contributed by atoms with Crippen LogP contribution in [0, 0.1) is 5.92 Å². The lowest BCUT2D eigenvalue weighted by Crippen LogP contribution is -2.39. The lowest BCUT2D eigenvalue weighted by Gasteiger charge is -2.30. The van der Waals surface area contributed by atoms with Gasteiger partial charge in [-0.25, -0.2) is 4.79 Å². The Balaban J connectivity index is 1.71. The Morgan fingerprint density at radius 3 is 2.30 bits per heavy atom. The summed E-state index contributed by atoms with van der Waals surface area (Å²) in [7, 11) is 0. The van der Waals surface area contributed by atoms with E-state index in [4.69, 9.17) is 0 Å². The van der Waals surface area contributed by atoms with Crippen molar-refractivity contribution in [3.8, 4) is 0 Å². The van der Waals surface area contributed by atoms with E-state index in [9.17, 15) is 22.8 Å². The van der Waals surface area contributed by atoms with E-state index in [-0.39, 0.29) is 24.8 Å². The van der Waals surface area contributed by atoms with Gasteiger partial charge in [-0.3, -0.25) is 4.79 Å². The van der Waals surface area contributed by atoms with Crippen molar-refractivity contribution < 1.29 is 27.6 Å². The minimum absolute atomic E-state index is 0.0662. The first-order valence-electron chi connectivity index (χ1n) is 7.48. The number of carbonyl (C=O) groups is 2. The average Bonchev–Trinajstić information content (AvgIpc) is 2.54. The number of nitrogens with zero attached hydrogens (tertiary/aromatic N) is 1. The predicted octanol–water partition coefficient (Wildman–Crippen LogP) is 3.38. The van der Waals surface area contributed by atoms with E-state index in [2.05, 4.69) is 4.84 Å². The summed E-state index contributed by atoms with van der Waals surface area (Å²) in [6.45, 7) is 0.512. The van der Waals surface area contributed by atoms with E-state index in [1.807, 2.05) is 6.07 Å². The van der Waals surface area contributed by atoms with E-state index in [0.717, 1.165) is 5.06 Å². The normalized spacial score (nSPS) is 17.0. The summed E-state index contributed by atoms with van der Waals surface area (Å²) in [5.74, 6) is -1.87. The van der Waals surface area contributed by atoms with Crippen LogP contribution in [0.5, 0.6) is 0 Å². The molecule has 1 aromatic rings. The summed E-state index contributed by atoms with van der Waals surface area (Å²) in [6.07, 6.45) is -2.66. The van der Waals surface area contributed by atoms with Gasteiger partial charge in [0.2, 0.25) is 0 Å². The van der Waals surface area contributed by atoms with Crippen molar-refractivity contribution in [2.24, 2.45) is 5.92 Å². The first-order chi connectivity index (χ1) is 10.9. The van der Waals surface area contributed by atoms with Crippen LogP contribution in [0.2, 0.25) is 0 Å². The molecule has 0 radical (unpaired) electrons. The van der Waals surface area contributed by atoms with Crippen molar-refractivity contribution in [3.63, 3.8) is 0 Å². The van der Waals surface area contributed by atoms with Crippen LogP contribution in [-0.2, 0) is 9.63 Å². The molecule has 0 amide bonds. The number of piperidine rings is 1. The van der Waals surface area contributed by atoms with E-state index in [1.165, 1.54) is 0 Å². The van der Waals surface area contributed by atoms with E-state index in [1.54, 1.807) is 24.3 Å². The Kier molecular flexibility index (Phi) is 5.76. The molecule has 7 heteroatoms. The highest BCUT2D eigenvalue weighted by Gasteiger charge is 2.42. The fourth-order valence-corrected chi connectivity index (χ4v) is 2.56. The lowest BCUT2D eigenvalue weighted by atomic mass is 9.91. The third kappa shape index (κ3) is 5.35. The van der Waals surface area contributed by atoms with E-state index < -0.39 is 12.1 Å². The summed E-state index contributed by atoms with van der Waals surface area (Å²) >= 11 is 0. The number of carbonyl (C=O) groups excluding carboxylic acids is 2. The molecule has 0 N–H and O–H groups in total. The van der Waals surface area contributed by atoms with Crippen LogP contribution < -0.4 is 0 Å². The van der Waals surface area contributed by atoms with Crippen molar-refractivity contribution >= 4 is 11.8 Å². The molecule has 1 heterocycles. The van der Waals surface area contributed by atoms with Crippen molar-refractivity contribution in [3.05, 3.63) is 35.9 Å². The zero-order chi connectivity index (χ0) is 16.9. The highest BCUT2D eigenvalue weighted by Crippen LogP contribution is 2.24. The first-order valence-corrected chi connectivity index (χ1v) is 7.48. The number of benzene rings is 1. The summed E-state index contributed by atoms with van der Waals surface area (Å²) in [6, 6.07) is 8.99. The summed E-state index contributed by atoms with van der Waals surface area (Å²) in [5.41, 5.74) is 0.670. The molecule has 0 unspecified atom stereocenters. The van der Waals surface area contributed by atoms with Crippen LogP contribution in [-0.4, -0.2) is 36.1 Å². The molecule has 4 nitrogen and oxygen atoms in total. The van der Waals surface area contributed by atoms with Gasteiger partial charge in [0.1, 0.15) is 0 Å². The Morgan fingerprint density at radius 1 is 1.13 bits per heavy atom. The quantitative estimate of drug-likeness (QED) is 0.777. The van der Waals surface area contributed by atoms with Gasteiger partial charge in [0, 0.05) is 25.1 Å². The summed E-state index contributed by atoms with van der Waals surface area (Å²) in [4.78, 5) is 27.1. The molecule has 23 heavy (non-hydrogen) atoms. The van der Waals surface area contributed by atoms with Gasteiger partial charge in [-0.1, -0.05) is 30.3 Å².